The van der Waals surface area contributed by atoms with Gasteiger partial charge < -0.3 is 19.5 Å². The second-order valence-corrected chi connectivity index (χ2v) is 14.1. The monoisotopic (exact) mass is 818 g/mol. The van der Waals surface area contributed by atoms with E-state index >= 15 is 0 Å². The van der Waals surface area contributed by atoms with Crippen LogP contribution in [0.3, 0.4) is 0 Å². The Kier molecular flexibility index (Phi) is 13.5. The van der Waals surface area contributed by atoms with E-state index in [9.17, 15) is 49.1 Å². The van der Waals surface area contributed by atoms with Crippen LogP contribution >= 0.6 is 0 Å². The van der Waals surface area contributed by atoms with Crippen LogP contribution in [0.15, 0.2) is 42.6 Å². The van der Waals surface area contributed by atoms with Crippen LogP contribution in [0.1, 0.15) is 105 Å². The van der Waals surface area contributed by atoms with Crippen molar-refractivity contribution >= 4 is 23.7 Å². The van der Waals surface area contributed by atoms with Crippen molar-refractivity contribution in [3.05, 3.63) is 76.1 Å². The fourth-order valence-corrected chi connectivity index (χ4v) is 7.32. The lowest BCUT2D eigenvalue weighted by Gasteiger charge is -2.40. The van der Waals surface area contributed by atoms with Crippen molar-refractivity contribution in [2.45, 2.75) is 103 Å². The SMILES string of the molecule is CCOC(=O)CC1CCC(COc2cnc(N[C@H]3C[C@@H](CC)N(C(=O)OCC)c4ccc(C(F)(F)F)cc43)nc2Cc2cc(C(F)(F)F)cc(C(F)(F)F)c2)CC1. The van der Waals surface area contributed by atoms with E-state index in [1.54, 1.807) is 20.8 Å². The number of rotatable bonds is 12. The summed E-state index contributed by atoms with van der Waals surface area (Å²) in [6.45, 7) is 5.50. The van der Waals surface area contributed by atoms with Crippen LogP contribution in [0.2, 0.25) is 0 Å². The standard InChI is InChI=1S/C39H43F9N4O5/c1-4-28-19-30(29-18-25(37(40,41)42)11-12-32(29)52(28)36(54)56-6-3)50-35-49-20-33(57-21-23-9-7-22(8-10-23)16-34(53)55-5-2)31(51-35)15-24-13-26(38(43,44)45)17-27(14-24)39(46,47)48/h11-14,17-18,20,22-23,28,30H,4-10,15-16,19,21H2,1-3H3,(H,49,50,51)/t22?,23?,28-,30+/m1/s1. The molecule has 5 rings (SSSR count). The Bertz CT molecular complexity index is 1850. The Balaban J connectivity index is 1.49. The molecule has 0 saturated heterocycles. The highest BCUT2D eigenvalue weighted by molar-refractivity contribution is 5.90. The fourth-order valence-electron chi connectivity index (χ4n) is 7.32. The molecule has 1 N–H and O–H groups in total. The summed E-state index contributed by atoms with van der Waals surface area (Å²) in [5, 5.41) is 3.01. The minimum atomic E-state index is -5.10. The number of esters is 1. The number of carbonyl (C=O) groups excluding carboxylic acids is 2. The molecule has 0 radical (unpaired) electrons. The topological polar surface area (TPSA) is 103 Å². The van der Waals surface area contributed by atoms with E-state index in [0.29, 0.717) is 31.4 Å². The number of aromatic nitrogens is 2. The molecular formula is C39H43F9N4O5. The van der Waals surface area contributed by atoms with Gasteiger partial charge in [0.1, 0.15) is 0 Å². The van der Waals surface area contributed by atoms with Gasteiger partial charge in [0.25, 0.3) is 0 Å². The van der Waals surface area contributed by atoms with E-state index in [-0.39, 0.29) is 90.7 Å². The van der Waals surface area contributed by atoms with E-state index in [1.807, 2.05) is 0 Å². The molecule has 1 aromatic heterocycles. The number of halogens is 9. The maximum Gasteiger partial charge on any atom is 0.416 e. The Morgan fingerprint density at radius 3 is 2.00 bits per heavy atom. The van der Waals surface area contributed by atoms with Crippen LogP contribution in [0.5, 0.6) is 5.75 Å². The second kappa shape index (κ2) is 17.8. The van der Waals surface area contributed by atoms with Crippen LogP contribution < -0.4 is 15.0 Å². The summed E-state index contributed by atoms with van der Waals surface area (Å²) >= 11 is 0. The largest absolute Gasteiger partial charge is 0.490 e. The summed E-state index contributed by atoms with van der Waals surface area (Å²) in [4.78, 5) is 35.0. The van der Waals surface area contributed by atoms with Gasteiger partial charge in [-0.15, -0.1) is 0 Å². The van der Waals surface area contributed by atoms with Crippen molar-refractivity contribution in [3.8, 4) is 5.75 Å². The first kappa shape index (κ1) is 43.4. The lowest BCUT2D eigenvalue weighted by Crippen LogP contribution is -2.46. The number of fused-ring (bicyclic) bond motifs is 1. The van der Waals surface area contributed by atoms with E-state index in [4.69, 9.17) is 14.2 Å². The van der Waals surface area contributed by atoms with Crippen LogP contribution in [-0.4, -0.2) is 47.9 Å². The van der Waals surface area contributed by atoms with Crippen LogP contribution in [0.25, 0.3) is 0 Å². The molecule has 2 aromatic carbocycles. The number of hydrogen-bond acceptors (Lipinski definition) is 8. The molecule has 2 atom stereocenters. The first-order chi connectivity index (χ1) is 26.8. The number of benzene rings is 2. The van der Waals surface area contributed by atoms with E-state index in [0.717, 1.165) is 25.0 Å². The number of anilines is 2. The number of ether oxygens (including phenoxy) is 3. The molecule has 0 bridgehead atoms. The fraction of sp³-hybridized carbons (Fsp3) is 0.538. The quantitative estimate of drug-likeness (QED) is 0.142. The van der Waals surface area contributed by atoms with Crippen molar-refractivity contribution in [2.75, 3.05) is 30.0 Å². The number of alkyl halides is 9. The lowest BCUT2D eigenvalue weighted by atomic mass is 9.81. The van der Waals surface area contributed by atoms with Gasteiger partial charge in [-0.1, -0.05) is 6.92 Å². The minimum absolute atomic E-state index is 0.00868. The van der Waals surface area contributed by atoms with Crippen molar-refractivity contribution < 1.29 is 63.3 Å². The van der Waals surface area contributed by atoms with Crippen LogP contribution in [0, 0.1) is 11.8 Å². The molecule has 1 amide bonds. The number of carbonyl (C=O) groups is 2. The van der Waals surface area contributed by atoms with Gasteiger partial charge in [-0.25, -0.2) is 14.8 Å². The molecule has 1 saturated carbocycles. The van der Waals surface area contributed by atoms with Crippen molar-refractivity contribution in [1.82, 2.24) is 9.97 Å². The van der Waals surface area contributed by atoms with E-state index in [1.165, 1.54) is 17.2 Å². The highest BCUT2D eigenvalue weighted by atomic mass is 19.4. The van der Waals surface area contributed by atoms with E-state index in [2.05, 4.69) is 15.3 Å². The average molecular weight is 819 g/mol. The molecule has 312 valence electrons. The van der Waals surface area contributed by atoms with Crippen molar-refractivity contribution in [2.24, 2.45) is 11.8 Å². The molecule has 57 heavy (non-hydrogen) atoms. The predicted octanol–water partition coefficient (Wildman–Crippen LogP) is 10.6. The third-order valence-electron chi connectivity index (χ3n) is 10.2. The first-order valence-electron chi connectivity index (χ1n) is 18.7. The highest BCUT2D eigenvalue weighted by Gasteiger charge is 2.40. The summed E-state index contributed by atoms with van der Waals surface area (Å²) in [6.07, 6.45) is -11.5. The molecule has 1 fully saturated rings. The summed E-state index contributed by atoms with van der Waals surface area (Å²) in [5.41, 5.74) is -4.25. The highest BCUT2D eigenvalue weighted by Crippen LogP contribution is 2.44. The van der Waals surface area contributed by atoms with Crippen LogP contribution in [0.4, 0.5) is 55.9 Å². The van der Waals surface area contributed by atoms with Crippen molar-refractivity contribution in [1.29, 1.82) is 0 Å². The molecular weight excluding hydrogens is 775 g/mol. The number of nitrogens with one attached hydrogen (secondary N) is 1. The Morgan fingerprint density at radius 2 is 1.42 bits per heavy atom. The second-order valence-electron chi connectivity index (χ2n) is 14.1. The number of hydrogen-bond donors (Lipinski definition) is 1. The third kappa shape index (κ3) is 11.0. The van der Waals surface area contributed by atoms with E-state index < -0.39 is 59.8 Å². The Labute approximate surface area is 323 Å². The van der Waals surface area contributed by atoms with Gasteiger partial charge >= 0.3 is 30.6 Å². The zero-order valence-electron chi connectivity index (χ0n) is 31.4. The predicted molar refractivity (Wildman–Crippen MR) is 189 cm³/mol. The summed E-state index contributed by atoms with van der Waals surface area (Å²) in [6, 6.07) is 2.63. The number of nitrogens with zero attached hydrogens (tertiary/aromatic N) is 3. The minimum Gasteiger partial charge on any atom is -0.490 e. The molecule has 1 aliphatic heterocycles. The first-order valence-corrected chi connectivity index (χ1v) is 18.7. The molecule has 0 unspecified atom stereocenters. The molecule has 2 heterocycles. The smallest absolute Gasteiger partial charge is 0.416 e. The lowest BCUT2D eigenvalue weighted by molar-refractivity contribution is -0.145. The Hall–Kier alpha value is -4.77. The molecule has 9 nitrogen and oxygen atoms in total. The van der Waals surface area contributed by atoms with Gasteiger partial charge in [0.15, 0.2) is 5.75 Å². The molecule has 3 aromatic rings. The Morgan fingerprint density at radius 1 is 0.807 bits per heavy atom. The summed E-state index contributed by atoms with van der Waals surface area (Å²) in [5.74, 6) is -0.345. The van der Waals surface area contributed by atoms with Crippen LogP contribution in [-0.2, 0) is 39.2 Å². The summed E-state index contributed by atoms with van der Waals surface area (Å²) in [7, 11) is 0. The molecule has 0 spiro atoms. The average Bonchev–Trinajstić information content (AvgIpc) is 3.13. The maximum absolute atomic E-state index is 13.9. The van der Waals surface area contributed by atoms with Gasteiger partial charge in [-0.3, -0.25) is 9.69 Å². The zero-order valence-corrected chi connectivity index (χ0v) is 31.4. The molecule has 2 aliphatic rings. The van der Waals surface area contributed by atoms with Crippen molar-refractivity contribution in [3.63, 3.8) is 0 Å². The van der Waals surface area contributed by atoms with Gasteiger partial charge in [0.05, 0.1) is 60.1 Å². The molecule has 1 aliphatic carbocycles. The van der Waals surface area contributed by atoms with Gasteiger partial charge in [0.2, 0.25) is 5.95 Å². The zero-order chi connectivity index (χ0) is 41.7. The maximum atomic E-state index is 13.9. The number of amides is 1. The molecule has 18 heteroatoms. The van der Waals surface area contributed by atoms with Gasteiger partial charge in [-0.2, -0.15) is 39.5 Å². The normalized spacial score (nSPS) is 20.1. The van der Waals surface area contributed by atoms with Gasteiger partial charge in [0, 0.05) is 18.9 Å². The third-order valence-corrected chi connectivity index (χ3v) is 10.2. The van der Waals surface area contributed by atoms with Gasteiger partial charge in [-0.05, 0) is 112 Å². The summed E-state index contributed by atoms with van der Waals surface area (Å²) < 4.78 is 141.